The molecular formula is C33H44N4O2. The van der Waals surface area contributed by atoms with Gasteiger partial charge < -0.3 is 15.6 Å². The molecule has 0 aromatic carbocycles. The lowest BCUT2D eigenvalue weighted by Gasteiger charge is -2.25. The van der Waals surface area contributed by atoms with Gasteiger partial charge in [0.25, 0.3) is 0 Å². The molecule has 6 nitrogen and oxygen atoms in total. The third-order valence-electron chi connectivity index (χ3n) is 5.99. The molecule has 0 saturated heterocycles. The summed E-state index contributed by atoms with van der Waals surface area (Å²) in [7, 11) is 0. The highest BCUT2D eigenvalue weighted by Gasteiger charge is 2.24. The molecule has 0 radical (unpaired) electrons. The summed E-state index contributed by atoms with van der Waals surface area (Å²) in [6.07, 6.45) is 27.1. The molecule has 39 heavy (non-hydrogen) atoms. The van der Waals surface area contributed by atoms with Crippen LogP contribution in [0.1, 0.15) is 84.4 Å². The van der Waals surface area contributed by atoms with Crippen LogP contribution in [0, 0.1) is 24.2 Å². The summed E-state index contributed by atoms with van der Waals surface area (Å²) < 4.78 is 0. The van der Waals surface area contributed by atoms with E-state index in [1.807, 2.05) is 52.8 Å². The number of amides is 2. The monoisotopic (exact) mass is 528 g/mol. The maximum atomic E-state index is 12.7. The van der Waals surface area contributed by atoms with E-state index in [2.05, 4.69) is 40.0 Å². The number of hydrogen-bond acceptors (Lipinski definition) is 3. The smallest absolute Gasteiger partial charge is 0.248 e. The van der Waals surface area contributed by atoms with E-state index in [1.54, 1.807) is 36.5 Å². The highest BCUT2D eigenvalue weighted by atomic mass is 16.2. The van der Waals surface area contributed by atoms with Crippen molar-refractivity contribution >= 4 is 23.5 Å². The molecule has 0 atom stereocenters. The van der Waals surface area contributed by atoms with Crippen molar-refractivity contribution in [2.24, 2.45) is 11.8 Å². The van der Waals surface area contributed by atoms with Crippen molar-refractivity contribution in [2.45, 2.75) is 67.2 Å². The molecule has 1 heterocycles. The molecule has 0 aliphatic heterocycles. The van der Waals surface area contributed by atoms with Gasteiger partial charge >= 0.3 is 0 Å². The molecule has 1 aromatic heterocycles. The van der Waals surface area contributed by atoms with E-state index in [1.165, 1.54) is 6.08 Å². The van der Waals surface area contributed by atoms with E-state index < -0.39 is 0 Å². The van der Waals surface area contributed by atoms with Crippen LogP contribution in [-0.4, -0.2) is 21.8 Å². The van der Waals surface area contributed by atoms with Crippen LogP contribution >= 0.6 is 0 Å². The molecule has 1 saturated carbocycles. The number of terminal acetylenes is 1. The Kier molecular flexibility index (Phi) is 15.4. The number of allylic oxidation sites excluding steroid dienone is 10. The molecule has 1 aromatic rings. The second-order valence-electron chi connectivity index (χ2n) is 9.09. The SMILES string of the molecule is C#Cc1[nH]c(C(/C=C\C)=C/C=C/C(=O)NC(/C=C\C)=C/C=C)nc1/C=C(\C)NC(=O)C1CCC(C)CC1.CC. The normalized spacial score (nSPS) is 18.5. The number of aromatic amines is 1. The molecule has 3 N–H and O–H groups in total. The van der Waals surface area contributed by atoms with Crippen LogP contribution in [0.3, 0.4) is 0 Å². The number of nitrogens with zero attached hydrogens (tertiary/aromatic N) is 1. The average Bonchev–Trinajstić information content (AvgIpc) is 3.32. The fourth-order valence-electron chi connectivity index (χ4n) is 4.06. The van der Waals surface area contributed by atoms with Gasteiger partial charge in [-0.25, -0.2) is 4.98 Å². The van der Waals surface area contributed by atoms with Crippen LogP contribution in [0.5, 0.6) is 0 Å². The van der Waals surface area contributed by atoms with Gasteiger partial charge in [0.2, 0.25) is 11.8 Å². The fourth-order valence-corrected chi connectivity index (χ4v) is 4.06. The summed E-state index contributed by atoms with van der Waals surface area (Å²) in [6.45, 7) is 15.5. The van der Waals surface area contributed by atoms with Crippen molar-refractivity contribution in [2.75, 3.05) is 0 Å². The standard InChI is InChI=1S/C31H38N4O2.C2H6/c1-7-12-24(15-11-16-29(36)33-26(13-8-2)14-9-3)30-34-27(10-4)28(35-30)21-23(6)32-31(37)25-19-17-22(5)18-20-25;1-2/h4,7-9,11-16,21-22,25H,2,17-20H2,1,3,5-6H3,(H,32,37)(H,33,36)(H,34,35);1-2H3/b12-7-,14-9-,16-11+,23-21+,24-15+,26-13+;. The first-order valence-electron chi connectivity index (χ1n) is 13.6. The second-order valence-corrected chi connectivity index (χ2v) is 9.09. The Labute approximate surface area is 234 Å². The number of carbonyl (C=O) groups is 2. The van der Waals surface area contributed by atoms with Gasteiger partial charge in [-0.15, -0.1) is 6.42 Å². The van der Waals surface area contributed by atoms with E-state index in [4.69, 9.17) is 6.42 Å². The van der Waals surface area contributed by atoms with Gasteiger partial charge in [0, 0.05) is 29.0 Å². The highest BCUT2D eigenvalue weighted by molar-refractivity contribution is 5.90. The second kappa shape index (κ2) is 18.2. The van der Waals surface area contributed by atoms with E-state index >= 15 is 0 Å². The van der Waals surface area contributed by atoms with E-state index in [0.29, 0.717) is 34.5 Å². The van der Waals surface area contributed by atoms with Gasteiger partial charge in [-0.1, -0.05) is 69.7 Å². The lowest BCUT2D eigenvalue weighted by Crippen LogP contribution is -2.31. The maximum Gasteiger partial charge on any atom is 0.248 e. The Hall–Kier alpha value is -4.11. The minimum absolute atomic E-state index is 0.0518. The molecule has 2 amide bonds. The summed E-state index contributed by atoms with van der Waals surface area (Å²) in [6, 6.07) is 0. The number of carbonyl (C=O) groups excluding carboxylic acids is 2. The Balaban J connectivity index is 0.00000371. The minimum atomic E-state index is -0.270. The van der Waals surface area contributed by atoms with E-state index in [9.17, 15) is 9.59 Å². The van der Waals surface area contributed by atoms with Crippen molar-refractivity contribution in [1.29, 1.82) is 0 Å². The molecule has 1 aliphatic carbocycles. The minimum Gasteiger partial charge on any atom is -0.331 e. The van der Waals surface area contributed by atoms with Crippen molar-refractivity contribution in [3.8, 4) is 12.3 Å². The number of rotatable bonds is 10. The molecule has 0 spiro atoms. The molecule has 0 unspecified atom stereocenters. The third kappa shape index (κ3) is 11.4. The molecule has 1 aliphatic rings. The summed E-state index contributed by atoms with van der Waals surface area (Å²) in [5.41, 5.74) is 3.16. The summed E-state index contributed by atoms with van der Waals surface area (Å²) in [5, 5.41) is 5.80. The van der Waals surface area contributed by atoms with Crippen molar-refractivity contribution in [3.05, 3.63) is 89.9 Å². The van der Waals surface area contributed by atoms with Crippen LogP contribution in [-0.2, 0) is 9.59 Å². The number of aromatic nitrogens is 2. The van der Waals surface area contributed by atoms with Crippen LogP contribution in [0.4, 0.5) is 0 Å². The Morgan fingerprint density at radius 2 is 1.72 bits per heavy atom. The van der Waals surface area contributed by atoms with Crippen molar-refractivity contribution in [1.82, 2.24) is 20.6 Å². The lowest BCUT2D eigenvalue weighted by atomic mass is 9.82. The Morgan fingerprint density at radius 3 is 2.31 bits per heavy atom. The van der Waals surface area contributed by atoms with E-state index in [-0.39, 0.29) is 17.7 Å². The van der Waals surface area contributed by atoms with Gasteiger partial charge in [-0.05, 0) is 70.6 Å². The Bertz CT molecular complexity index is 1190. The predicted molar refractivity (Wildman–Crippen MR) is 164 cm³/mol. The number of imidazole rings is 1. The quantitative estimate of drug-likeness (QED) is 0.174. The molecule has 2 rings (SSSR count). The largest absolute Gasteiger partial charge is 0.331 e. The van der Waals surface area contributed by atoms with Crippen molar-refractivity contribution in [3.63, 3.8) is 0 Å². The first-order chi connectivity index (χ1) is 18.8. The van der Waals surface area contributed by atoms with Gasteiger partial charge in [-0.2, -0.15) is 0 Å². The topological polar surface area (TPSA) is 86.9 Å². The number of hydrogen-bond donors (Lipinski definition) is 3. The lowest BCUT2D eigenvalue weighted by molar-refractivity contribution is -0.125. The summed E-state index contributed by atoms with van der Waals surface area (Å²) in [4.78, 5) is 32.8. The zero-order valence-corrected chi connectivity index (χ0v) is 24.3. The molecular weight excluding hydrogens is 484 g/mol. The first kappa shape index (κ1) is 32.9. The van der Waals surface area contributed by atoms with Gasteiger partial charge in [0.1, 0.15) is 11.5 Å². The fraction of sp³-hybridized carbons (Fsp3) is 0.364. The zero-order chi connectivity index (χ0) is 29.2. The van der Waals surface area contributed by atoms with Crippen molar-refractivity contribution < 1.29 is 9.59 Å². The van der Waals surface area contributed by atoms with Crippen LogP contribution in [0.25, 0.3) is 11.6 Å². The average molecular weight is 529 g/mol. The zero-order valence-electron chi connectivity index (χ0n) is 24.3. The van der Waals surface area contributed by atoms with Gasteiger partial charge in [0.15, 0.2) is 0 Å². The summed E-state index contributed by atoms with van der Waals surface area (Å²) in [5.74, 6) is 3.71. The van der Waals surface area contributed by atoms with E-state index in [0.717, 1.165) is 31.3 Å². The van der Waals surface area contributed by atoms with Crippen LogP contribution in [0.2, 0.25) is 0 Å². The van der Waals surface area contributed by atoms with Crippen LogP contribution in [0.15, 0.2) is 72.7 Å². The third-order valence-corrected chi connectivity index (χ3v) is 5.99. The highest BCUT2D eigenvalue weighted by Crippen LogP contribution is 2.28. The van der Waals surface area contributed by atoms with Gasteiger partial charge in [-0.3, -0.25) is 9.59 Å². The number of H-pyrrole nitrogens is 1. The van der Waals surface area contributed by atoms with Gasteiger partial charge in [0.05, 0.1) is 5.69 Å². The first-order valence-corrected chi connectivity index (χ1v) is 13.6. The molecule has 6 heteroatoms. The van der Waals surface area contributed by atoms with Crippen LogP contribution < -0.4 is 10.6 Å². The summed E-state index contributed by atoms with van der Waals surface area (Å²) >= 11 is 0. The molecule has 1 fully saturated rings. The Morgan fingerprint density at radius 1 is 1.05 bits per heavy atom. The molecule has 208 valence electrons. The molecule has 0 bridgehead atoms. The predicted octanol–water partition coefficient (Wildman–Crippen LogP) is 7.00. The maximum absolute atomic E-state index is 12.7. The number of nitrogens with one attached hydrogen (secondary N) is 3.